The van der Waals surface area contributed by atoms with Crippen molar-refractivity contribution < 1.29 is 4.79 Å². The van der Waals surface area contributed by atoms with E-state index in [2.05, 4.69) is 33.4 Å². The van der Waals surface area contributed by atoms with E-state index < -0.39 is 0 Å². The van der Waals surface area contributed by atoms with Crippen molar-refractivity contribution in [2.45, 2.75) is 44.2 Å². The van der Waals surface area contributed by atoms with Crippen LogP contribution in [-0.4, -0.2) is 11.9 Å². The van der Waals surface area contributed by atoms with Crippen molar-refractivity contribution in [3.63, 3.8) is 0 Å². The maximum absolute atomic E-state index is 11.9. The summed E-state index contributed by atoms with van der Waals surface area (Å²) >= 11 is 3.47. The first-order chi connectivity index (χ1) is 8.52. The lowest BCUT2D eigenvalue weighted by atomic mass is 10.0. The van der Waals surface area contributed by atoms with E-state index in [0.29, 0.717) is 6.42 Å². The summed E-state index contributed by atoms with van der Waals surface area (Å²) in [6.45, 7) is 1.93. The van der Waals surface area contributed by atoms with E-state index in [1.54, 1.807) is 0 Å². The molecule has 0 heterocycles. The van der Waals surface area contributed by atoms with Gasteiger partial charge in [0.05, 0.1) is 5.54 Å². The van der Waals surface area contributed by atoms with Crippen LogP contribution >= 0.6 is 28.3 Å². The average Bonchev–Trinajstić information content (AvgIpc) is 3.07. The van der Waals surface area contributed by atoms with Gasteiger partial charge in [0.25, 0.3) is 0 Å². The predicted octanol–water partition coefficient (Wildman–Crippen LogP) is 3.10. The molecule has 1 unspecified atom stereocenters. The number of carbonyl (C=O) groups is 1. The van der Waals surface area contributed by atoms with E-state index >= 15 is 0 Å². The van der Waals surface area contributed by atoms with Crippen molar-refractivity contribution in [2.24, 2.45) is 5.73 Å². The largest absolute Gasteiger partial charge is 0.347 e. The summed E-state index contributed by atoms with van der Waals surface area (Å²) in [4.78, 5) is 11.9. The predicted molar refractivity (Wildman–Crippen MR) is 83.3 cm³/mol. The van der Waals surface area contributed by atoms with Crippen LogP contribution in [0.5, 0.6) is 0 Å². The molecule has 0 aliphatic heterocycles. The molecule has 19 heavy (non-hydrogen) atoms. The van der Waals surface area contributed by atoms with Crippen molar-refractivity contribution in [2.75, 3.05) is 0 Å². The molecule has 0 aromatic heterocycles. The fourth-order valence-corrected chi connectivity index (χ4v) is 2.48. The summed E-state index contributed by atoms with van der Waals surface area (Å²) in [6, 6.07) is 8.24. The molecule has 2 rings (SSSR count). The molecule has 0 bridgehead atoms. The van der Waals surface area contributed by atoms with E-state index in [4.69, 9.17) is 5.73 Å². The summed E-state index contributed by atoms with van der Waals surface area (Å²) in [5, 5.41) is 3.15. The van der Waals surface area contributed by atoms with Crippen molar-refractivity contribution in [1.82, 2.24) is 5.32 Å². The van der Waals surface area contributed by atoms with Crippen molar-refractivity contribution in [3.05, 3.63) is 34.3 Å². The molecule has 1 aliphatic carbocycles. The van der Waals surface area contributed by atoms with Crippen molar-refractivity contribution in [1.29, 1.82) is 0 Å². The minimum absolute atomic E-state index is 0. The molecule has 1 atom stereocenters. The van der Waals surface area contributed by atoms with E-state index in [1.807, 2.05) is 19.1 Å². The molecular weight excluding hydrogens is 328 g/mol. The van der Waals surface area contributed by atoms with Crippen molar-refractivity contribution >= 4 is 34.2 Å². The van der Waals surface area contributed by atoms with E-state index in [0.717, 1.165) is 23.7 Å². The maximum atomic E-state index is 11.9. The van der Waals surface area contributed by atoms with Crippen LogP contribution in [-0.2, 0) is 10.3 Å². The number of rotatable bonds is 5. The highest BCUT2D eigenvalue weighted by Gasteiger charge is 2.45. The molecule has 1 aromatic carbocycles. The molecule has 0 saturated heterocycles. The van der Waals surface area contributed by atoms with Gasteiger partial charge in [-0.15, -0.1) is 12.4 Å². The van der Waals surface area contributed by atoms with Crippen LogP contribution in [0.2, 0.25) is 0 Å². The Labute approximate surface area is 128 Å². The number of benzene rings is 1. The third-order valence-electron chi connectivity index (χ3n) is 3.33. The minimum Gasteiger partial charge on any atom is -0.347 e. The lowest BCUT2D eigenvalue weighted by molar-refractivity contribution is -0.122. The van der Waals surface area contributed by atoms with E-state index in [1.165, 1.54) is 5.56 Å². The Morgan fingerprint density at radius 3 is 2.74 bits per heavy atom. The Bertz CT molecular complexity index is 447. The van der Waals surface area contributed by atoms with Gasteiger partial charge in [-0.25, -0.2) is 0 Å². The molecule has 1 aromatic rings. The third-order valence-corrected chi connectivity index (χ3v) is 3.83. The normalized spacial score (nSPS) is 17.2. The Hall–Kier alpha value is -0.580. The first-order valence-electron chi connectivity index (χ1n) is 6.34. The van der Waals surface area contributed by atoms with Gasteiger partial charge in [0.15, 0.2) is 0 Å². The molecule has 3 nitrogen and oxygen atoms in total. The van der Waals surface area contributed by atoms with Crippen LogP contribution in [0.3, 0.4) is 0 Å². The van der Waals surface area contributed by atoms with Gasteiger partial charge in [-0.2, -0.15) is 0 Å². The van der Waals surface area contributed by atoms with Gasteiger partial charge < -0.3 is 11.1 Å². The van der Waals surface area contributed by atoms with Gasteiger partial charge in [-0.05, 0) is 43.9 Å². The number of amides is 1. The molecule has 106 valence electrons. The molecule has 5 heteroatoms. The second-order valence-corrected chi connectivity index (χ2v) is 6.07. The Kier molecular flexibility index (Phi) is 5.83. The second-order valence-electron chi connectivity index (χ2n) is 5.16. The van der Waals surface area contributed by atoms with Gasteiger partial charge in [0.2, 0.25) is 5.91 Å². The van der Waals surface area contributed by atoms with Crippen LogP contribution < -0.4 is 11.1 Å². The molecular formula is C14H20BrClN2O. The second kappa shape index (κ2) is 6.73. The zero-order valence-electron chi connectivity index (χ0n) is 11.0. The van der Waals surface area contributed by atoms with Gasteiger partial charge in [0.1, 0.15) is 0 Å². The summed E-state index contributed by atoms with van der Waals surface area (Å²) in [7, 11) is 0. The highest BCUT2D eigenvalue weighted by Crippen LogP contribution is 2.46. The smallest absolute Gasteiger partial charge is 0.220 e. The minimum atomic E-state index is -0.126. The van der Waals surface area contributed by atoms with E-state index in [-0.39, 0.29) is 29.9 Å². The SMILES string of the molecule is CC(N)CCC(=O)NC1(c2cccc(Br)c2)CC1.Cl. The number of halogens is 2. The molecule has 3 N–H and O–H groups in total. The molecule has 1 aliphatic rings. The number of nitrogens with two attached hydrogens (primary N) is 1. The highest BCUT2D eigenvalue weighted by atomic mass is 79.9. The lowest BCUT2D eigenvalue weighted by Crippen LogP contribution is -2.35. The quantitative estimate of drug-likeness (QED) is 0.860. The van der Waals surface area contributed by atoms with Gasteiger partial charge in [0, 0.05) is 16.9 Å². The first-order valence-corrected chi connectivity index (χ1v) is 7.14. The fraction of sp³-hybridized carbons (Fsp3) is 0.500. The molecule has 0 spiro atoms. The number of hydrogen-bond donors (Lipinski definition) is 2. The zero-order chi connectivity index (χ0) is 13.2. The molecule has 1 fully saturated rings. The van der Waals surface area contributed by atoms with Crippen LogP contribution in [0, 0.1) is 0 Å². The molecule has 0 radical (unpaired) electrons. The monoisotopic (exact) mass is 346 g/mol. The summed E-state index contributed by atoms with van der Waals surface area (Å²) in [6.07, 6.45) is 3.29. The first kappa shape index (κ1) is 16.5. The topological polar surface area (TPSA) is 55.1 Å². The Balaban J connectivity index is 0.00000180. The van der Waals surface area contributed by atoms with Gasteiger partial charge >= 0.3 is 0 Å². The van der Waals surface area contributed by atoms with Crippen LogP contribution in [0.15, 0.2) is 28.7 Å². The third kappa shape index (κ3) is 4.48. The summed E-state index contributed by atoms with van der Waals surface area (Å²) in [5.41, 5.74) is 6.72. The van der Waals surface area contributed by atoms with Crippen LogP contribution in [0.1, 0.15) is 38.2 Å². The fourth-order valence-electron chi connectivity index (χ4n) is 2.09. The number of nitrogens with one attached hydrogen (secondary N) is 1. The lowest BCUT2D eigenvalue weighted by Gasteiger charge is -2.18. The Morgan fingerprint density at radius 1 is 1.53 bits per heavy atom. The van der Waals surface area contributed by atoms with Gasteiger partial charge in [-0.1, -0.05) is 28.1 Å². The van der Waals surface area contributed by atoms with E-state index in [9.17, 15) is 4.79 Å². The maximum Gasteiger partial charge on any atom is 0.220 e. The summed E-state index contributed by atoms with van der Waals surface area (Å²) in [5.74, 6) is 0.102. The molecule has 1 saturated carbocycles. The number of carbonyl (C=O) groups excluding carboxylic acids is 1. The van der Waals surface area contributed by atoms with Crippen LogP contribution in [0.25, 0.3) is 0 Å². The highest BCUT2D eigenvalue weighted by molar-refractivity contribution is 9.10. The van der Waals surface area contributed by atoms with Crippen molar-refractivity contribution in [3.8, 4) is 0 Å². The Morgan fingerprint density at radius 2 is 2.21 bits per heavy atom. The number of hydrogen-bond acceptors (Lipinski definition) is 2. The standard InChI is InChI=1S/C14H19BrN2O.ClH/c1-10(16)5-6-13(18)17-14(7-8-14)11-3-2-4-12(15)9-11;/h2-4,9-10H,5-8,16H2,1H3,(H,17,18);1H. The van der Waals surface area contributed by atoms with Gasteiger partial charge in [-0.3, -0.25) is 4.79 Å². The molecule has 1 amide bonds. The average molecular weight is 348 g/mol. The summed E-state index contributed by atoms with van der Waals surface area (Å²) < 4.78 is 1.05. The van der Waals surface area contributed by atoms with Crippen LogP contribution in [0.4, 0.5) is 0 Å². The zero-order valence-corrected chi connectivity index (χ0v) is 13.4.